The van der Waals surface area contributed by atoms with Crippen molar-refractivity contribution in [1.82, 2.24) is 0 Å². The van der Waals surface area contributed by atoms with E-state index in [0.29, 0.717) is 0 Å². The van der Waals surface area contributed by atoms with Crippen molar-refractivity contribution in [2.75, 3.05) is 0 Å². The Morgan fingerprint density at radius 2 is 1.85 bits per heavy atom. The summed E-state index contributed by atoms with van der Waals surface area (Å²) < 4.78 is 0. The van der Waals surface area contributed by atoms with E-state index >= 15 is 0 Å². The first kappa shape index (κ1) is 12.2. The zero-order valence-electron chi connectivity index (χ0n) is 9.43. The van der Waals surface area contributed by atoms with Crippen LogP contribution in [0.1, 0.15) is 47.0 Å². The second kappa shape index (κ2) is 7.85. The standard InChI is InChI=1S/C13H22/c1-5-8-9-11-13(10-6-2)12(4)7-3/h5,8-9,11H,6-7,10H2,1-4H3/b8-5-,11-9-,13-12?. The van der Waals surface area contributed by atoms with Crippen LogP contribution >= 0.6 is 0 Å². The van der Waals surface area contributed by atoms with Gasteiger partial charge < -0.3 is 0 Å². The lowest BCUT2D eigenvalue weighted by Gasteiger charge is -2.04. The molecule has 0 aliphatic carbocycles. The monoisotopic (exact) mass is 178 g/mol. The van der Waals surface area contributed by atoms with Crippen LogP contribution in [0.5, 0.6) is 0 Å². The van der Waals surface area contributed by atoms with E-state index in [1.165, 1.54) is 24.0 Å². The molecule has 0 aromatic heterocycles. The third kappa shape index (κ3) is 5.46. The highest BCUT2D eigenvalue weighted by Gasteiger charge is 1.94. The Bertz CT molecular complexity index is 204. The molecule has 0 bridgehead atoms. The van der Waals surface area contributed by atoms with Crippen LogP contribution in [0.4, 0.5) is 0 Å². The lowest BCUT2D eigenvalue weighted by atomic mass is 10.0. The second-order valence-corrected chi connectivity index (χ2v) is 3.29. The van der Waals surface area contributed by atoms with E-state index in [0.717, 1.165) is 6.42 Å². The van der Waals surface area contributed by atoms with Gasteiger partial charge in [-0.1, -0.05) is 50.1 Å². The summed E-state index contributed by atoms with van der Waals surface area (Å²) in [7, 11) is 0. The smallest absolute Gasteiger partial charge is 0.0282 e. The van der Waals surface area contributed by atoms with Gasteiger partial charge in [0.2, 0.25) is 0 Å². The van der Waals surface area contributed by atoms with Crippen molar-refractivity contribution in [3.05, 3.63) is 35.5 Å². The molecule has 0 heteroatoms. The topological polar surface area (TPSA) is 0 Å². The summed E-state index contributed by atoms with van der Waals surface area (Å²) in [6, 6.07) is 0. The molecule has 0 saturated heterocycles. The first-order valence-electron chi connectivity index (χ1n) is 5.24. The van der Waals surface area contributed by atoms with E-state index in [2.05, 4.69) is 45.1 Å². The maximum absolute atomic E-state index is 2.24. The van der Waals surface area contributed by atoms with Gasteiger partial charge in [0.15, 0.2) is 0 Å². The van der Waals surface area contributed by atoms with Gasteiger partial charge in [-0.15, -0.1) is 0 Å². The number of hydrogen-bond donors (Lipinski definition) is 0. The van der Waals surface area contributed by atoms with Gasteiger partial charge in [-0.3, -0.25) is 0 Å². The molecule has 0 atom stereocenters. The molecule has 0 heterocycles. The Balaban J connectivity index is 4.42. The van der Waals surface area contributed by atoms with Gasteiger partial charge in [-0.05, 0) is 32.3 Å². The van der Waals surface area contributed by atoms with E-state index in [1.807, 2.05) is 6.92 Å². The van der Waals surface area contributed by atoms with Crippen LogP contribution < -0.4 is 0 Å². The Labute approximate surface area is 83.0 Å². The summed E-state index contributed by atoms with van der Waals surface area (Å²) in [6.45, 7) is 8.71. The maximum Gasteiger partial charge on any atom is -0.0282 e. The molecule has 0 rings (SSSR count). The summed E-state index contributed by atoms with van der Waals surface area (Å²) in [5, 5.41) is 0. The SMILES string of the molecule is C/C=C\C=C/C(CCC)=C(C)CC. The molecule has 0 amide bonds. The fraction of sp³-hybridized carbons (Fsp3) is 0.538. The highest BCUT2D eigenvalue weighted by Crippen LogP contribution is 2.15. The zero-order chi connectivity index (χ0) is 10.1. The molecule has 0 nitrogen and oxygen atoms in total. The quantitative estimate of drug-likeness (QED) is 0.538. The molecule has 0 saturated carbocycles. The minimum Gasteiger partial charge on any atom is -0.0877 e. The molecule has 13 heavy (non-hydrogen) atoms. The number of rotatable bonds is 5. The predicted octanol–water partition coefficient (Wildman–Crippen LogP) is 4.65. The van der Waals surface area contributed by atoms with Gasteiger partial charge in [0, 0.05) is 0 Å². The third-order valence-corrected chi connectivity index (χ3v) is 2.20. The van der Waals surface area contributed by atoms with Crippen LogP contribution in [-0.2, 0) is 0 Å². The predicted molar refractivity (Wildman–Crippen MR) is 61.9 cm³/mol. The fourth-order valence-electron chi connectivity index (χ4n) is 1.22. The summed E-state index contributed by atoms with van der Waals surface area (Å²) in [5.41, 5.74) is 3.02. The summed E-state index contributed by atoms with van der Waals surface area (Å²) in [5.74, 6) is 0. The van der Waals surface area contributed by atoms with E-state index in [-0.39, 0.29) is 0 Å². The van der Waals surface area contributed by atoms with Crippen molar-refractivity contribution in [1.29, 1.82) is 0 Å². The molecule has 0 aromatic rings. The van der Waals surface area contributed by atoms with Crippen LogP contribution in [0.15, 0.2) is 35.5 Å². The highest BCUT2D eigenvalue weighted by molar-refractivity contribution is 5.26. The average Bonchev–Trinajstić information content (AvgIpc) is 2.16. The highest BCUT2D eigenvalue weighted by atomic mass is 14.0. The first-order chi connectivity index (χ1) is 6.26. The van der Waals surface area contributed by atoms with Crippen LogP contribution in [-0.4, -0.2) is 0 Å². The van der Waals surface area contributed by atoms with Crippen molar-refractivity contribution in [3.63, 3.8) is 0 Å². The number of allylic oxidation sites excluding steroid dienone is 6. The van der Waals surface area contributed by atoms with Gasteiger partial charge in [0.1, 0.15) is 0 Å². The maximum atomic E-state index is 2.24. The molecule has 0 fully saturated rings. The van der Waals surface area contributed by atoms with Gasteiger partial charge in [0.25, 0.3) is 0 Å². The summed E-state index contributed by atoms with van der Waals surface area (Å²) in [6.07, 6.45) is 12.1. The normalized spacial score (nSPS) is 14.2. The zero-order valence-corrected chi connectivity index (χ0v) is 9.43. The van der Waals surface area contributed by atoms with Crippen molar-refractivity contribution >= 4 is 0 Å². The molecule has 0 aromatic carbocycles. The van der Waals surface area contributed by atoms with Crippen LogP contribution in [0.2, 0.25) is 0 Å². The lowest BCUT2D eigenvalue weighted by Crippen LogP contribution is -1.84. The molecule has 0 radical (unpaired) electrons. The lowest BCUT2D eigenvalue weighted by molar-refractivity contribution is 0.897. The summed E-state index contributed by atoms with van der Waals surface area (Å²) >= 11 is 0. The van der Waals surface area contributed by atoms with Gasteiger partial charge >= 0.3 is 0 Å². The van der Waals surface area contributed by atoms with Crippen LogP contribution in [0, 0.1) is 0 Å². The first-order valence-corrected chi connectivity index (χ1v) is 5.24. The molecular weight excluding hydrogens is 156 g/mol. The molecule has 0 spiro atoms. The van der Waals surface area contributed by atoms with Gasteiger partial charge in [-0.25, -0.2) is 0 Å². The molecule has 0 N–H and O–H groups in total. The van der Waals surface area contributed by atoms with Crippen molar-refractivity contribution < 1.29 is 0 Å². The molecule has 0 unspecified atom stereocenters. The minimum atomic E-state index is 1.16. The second-order valence-electron chi connectivity index (χ2n) is 3.29. The van der Waals surface area contributed by atoms with Gasteiger partial charge in [0.05, 0.1) is 0 Å². The Hall–Kier alpha value is -0.780. The van der Waals surface area contributed by atoms with E-state index in [1.54, 1.807) is 0 Å². The fourth-order valence-corrected chi connectivity index (χ4v) is 1.22. The van der Waals surface area contributed by atoms with E-state index < -0.39 is 0 Å². The van der Waals surface area contributed by atoms with Gasteiger partial charge in [-0.2, -0.15) is 0 Å². The van der Waals surface area contributed by atoms with Crippen molar-refractivity contribution in [2.24, 2.45) is 0 Å². The Kier molecular flexibility index (Phi) is 7.38. The van der Waals surface area contributed by atoms with Crippen LogP contribution in [0.3, 0.4) is 0 Å². The van der Waals surface area contributed by atoms with E-state index in [4.69, 9.17) is 0 Å². The number of hydrogen-bond acceptors (Lipinski definition) is 0. The Morgan fingerprint density at radius 3 is 2.31 bits per heavy atom. The van der Waals surface area contributed by atoms with Crippen molar-refractivity contribution in [3.8, 4) is 0 Å². The summed E-state index contributed by atoms with van der Waals surface area (Å²) in [4.78, 5) is 0. The van der Waals surface area contributed by atoms with Crippen molar-refractivity contribution in [2.45, 2.75) is 47.0 Å². The molecule has 0 aliphatic heterocycles. The molecule has 0 aliphatic rings. The van der Waals surface area contributed by atoms with Crippen LogP contribution in [0.25, 0.3) is 0 Å². The van der Waals surface area contributed by atoms with E-state index in [9.17, 15) is 0 Å². The Morgan fingerprint density at radius 1 is 1.15 bits per heavy atom. The minimum absolute atomic E-state index is 1.16. The molecule has 74 valence electrons. The molecular formula is C13H22. The third-order valence-electron chi connectivity index (χ3n) is 2.20. The average molecular weight is 178 g/mol. The largest absolute Gasteiger partial charge is 0.0877 e.